The van der Waals surface area contributed by atoms with Crippen molar-refractivity contribution in [2.45, 2.75) is 0 Å². The Morgan fingerprint density at radius 3 is 2.25 bits per heavy atom. The van der Waals surface area contributed by atoms with E-state index in [2.05, 4.69) is 10.5 Å². The smallest absolute Gasteiger partial charge is 0.265 e. The van der Waals surface area contributed by atoms with E-state index in [9.17, 15) is 4.79 Å². The highest BCUT2D eigenvalue weighted by molar-refractivity contribution is 5.96. The van der Waals surface area contributed by atoms with E-state index in [4.69, 9.17) is 15.3 Å². The molecule has 3 aromatic rings. The average Bonchev–Trinajstić information content (AvgIpc) is 2.74. The molecule has 3 N–H and O–H groups in total. The Hall–Kier alpha value is -3.80. The SMILES string of the molecule is N/C(COc1ccccc1)=N\OCC(=O)Nc1ccccc1-c1ccccc1. The summed E-state index contributed by atoms with van der Waals surface area (Å²) in [5, 5.41) is 6.55. The lowest BCUT2D eigenvalue weighted by Gasteiger charge is -2.11. The second kappa shape index (κ2) is 9.78. The molecule has 0 unspecified atom stereocenters. The van der Waals surface area contributed by atoms with Gasteiger partial charge >= 0.3 is 0 Å². The van der Waals surface area contributed by atoms with Gasteiger partial charge in [-0.1, -0.05) is 71.9 Å². The highest BCUT2D eigenvalue weighted by Gasteiger charge is 2.08. The number of hydrogen-bond donors (Lipinski definition) is 2. The minimum absolute atomic E-state index is 0.0719. The predicted octanol–water partition coefficient (Wildman–Crippen LogP) is 3.66. The minimum atomic E-state index is -0.330. The monoisotopic (exact) mass is 375 g/mol. The third kappa shape index (κ3) is 5.60. The van der Waals surface area contributed by atoms with E-state index in [1.807, 2.05) is 84.9 Å². The number of ether oxygens (including phenoxy) is 1. The van der Waals surface area contributed by atoms with Crippen LogP contribution in [0, 0.1) is 0 Å². The van der Waals surface area contributed by atoms with Crippen LogP contribution in [0.4, 0.5) is 5.69 Å². The van der Waals surface area contributed by atoms with Crippen LogP contribution in [0.15, 0.2) is 90.1 Å². The van der Waals surface area contributed by atoms with Crippen LogP contribution in [-0.2, 0) is 9.63 Å². The first kappa shape index (κ1) is 19.0. The standard InChI is InChI=1S/C22H21N3O3/c23-21(15-27-18-11-5-2-6-12-18)25-28-16-22(26)24-20-14-8-7-13-19(20)17-9-3-1-4-10-17/h1-14H,15-16H2,(H2,23,25)(H,24,26). The van der Waals surface area contributed by atoms with E-state index in [0.29, 0.717) is 11.4 Å². The Labute approximate surface area is 163 Å². The van der Waals surface area contributed by atoms with Crippen molar-refractivity contribution < 1.29 is 14.4 Å². The molecule has 6 heteroatoms. The zero-order valence-electron chi connectivity index (χ0n) is 15.2. The molecule has 0 spiro atoms. The maximum Gasteiger partial charge on any atom is 0.265 e. The van der Waals surface area contributed by atoms with E-state index < -0.39 is 0 Å². The molecule has 3 rings (SSSR count). The lowest BCUT2D eigenvalue weighted by Crippen LogP contribution is -2.23. The van der Waals surface area contributed by atoms with Crippen LogP contribution >= 0.6 is 0 Å². The number of nitrogens with zero attached hydrogens (tertiary/aromatic N) is 1. The topological polar surface area (TPSA) is 85.9 Å². The lowest BCUT2D eigenvalue weighted by atomic mass is 10.0. The van der Waals surface area contributed by atoms with Gasteiger partial charge in [0.15, 0.2) is 12.4 Å². The maximum atomic E-state index is 12.2. The molecule has 0 saturated carbocycles. The predicted molar refractivity (Wildman–Crippen MR) is 110 cm³/mol. The van der Waals surface area contributed by atoms with E-state index >= 15 is 0 Å². The van der Waals surface area contributed by atoms with Gasteiger partial charge in [-0.15, -0.1) is 0 Å². The van der Waals surface area contributed by atoms with Crippen LogP contribution < -0.4 is 15.8 Å². The summed E-state index contributed by atoms with van der Waals surface area (Å²) < 4.78 is 5.45. The zero-order valence-corrected chi connectivity index (χ0v) is 15.2. The van der Waals surface area contributed by atoms with Crippen LogP contribution in [0.5, 0.6) is 5.75 Å². The zero-order chi connectivity index (χ0) is 19.6. The Morgan fingerprint density at radius 1 is 0.857 bits per heavy atom. The van der Waals surface area contributed by atoms with Crippen molar-refractivity contribution in [3.63, 3.8) is 0 Å². The third-order valence-corrected chi connectivity index (χ3v) is 3.79. The molecule has 0 bridgehead atoms. The van der Waals surface area contributed by atoms with Crippen LogP contribution in [0.25, 0.3) is 11.1 Å². The number of carbonyl (C=O) groups is 1. The van der Waals surface area contributed by atoms with E-state index in [1.54, 1.807) is 0 Å². The fourth-order valence-corrected chi connectivity index (χ4v) is 2.52. The first-order valence-corrected chi connectivity index (χ1v) is 8.79. The molecule has 0 radical (unpaired) electrons. The lowest BCUT2D eigenvalue weighted by molar-refractivity contribution is -0.120. The molecular weight excluding hydrogens is 354 g/mol. The molecule has 0 heterocycles. The van der Waals surface area contributed by atoms with Crippen molar-refractivity contribution in [1.29, 1.82) is 0 Å². The molecule has 3 aromatic carbocycles. The van der Waals surface area contributed by atoms with E-state index in [1.165, 1.54) is 0 Å². The molecule has 0 aliphatic heterocycles. The summed E-state index contributed by atoms with van der Waals surface area (Å²) in [7, 11) is 0. The summed E-state index contributed by atoms with van der Waals surface area (Å²) in [5.41, 5.74) is 8.37. The maximum absolute atomic E-state index is 12.2. The number of nitrogens with one attached hydrogen (secondary N) is 1. The number of oxime groups is 1. The normalized spacial score (nSPS) is 10.9. The van der Waals surface area contributed by atoms with Crippen molar-refractivity contribution in [1.82, 2.24) is 0 Å². The van der Waals surface area contributed by atoms with Gasteiger partial charge in [-0.25, -0.2) is 0 Å². The largest absolute Gasteiger partial charge is 0.486 e. The van der Waals surface area contributed by atoms with Crippen molar-refractivity contribution in [2.24, 2.45) is 10.9 Å². The minimum Gasteiger partial charge on any atom is -0.486 e. The fraction of sp³-hybridized carbons (Fsp3) is 0.0909. The van der Waals surface area contributed by atoms with Crippen LogP contribution in [0.2, 0.25) is 0 Å². The van der Waals surface area contributed by atoms with Crippen molar-refractivity contribution in [3.8, 4) is 16.9 Å². The number of hydrogen-bond acceptors (Lipinski definition) is 4. The van der Waals surface area contributed by atoms with Crippen molar-refractivity contribution >= 4 is 17.4 Å². The summed E-state index contributed by atoms with van der Waals surface area (Å²) >= 11 is 0. The molecule has 142 valence electrons. The summed E-state index contributed by atoms with van der Waals surface area (Å²) in [6.07, 6.45) is 0. The summed E-state index contributed by atoms with van der Waals surface area (Å²) in [5.74, 6) is 0.487. The van der Waals surface area contributed by atoms with Gasteiger partial charge in [0.1, 0.15) is 12.4 Å². The third-order valence-electron chi connectivity index (χ3n) is 3.79. The molecule has 1 amide bonds. The number of amides is 1. The molecule has 0 aliphatic carbocycles. The number of nitrogens with two attached hydrogens (primary N) is 1. The molecule has 0 atom stereocenters. The van der Waals surface area contributed by atoms with Crippen LogP contribution in [-0.4, -0.2) is 25.0 Å². The highest BCUT2D eigenvalue weighted by atomic mass is 16.6. The first-order chi connectivity index (χ1) is 13.7. The molecule has 28 heavy (non-hydrogen) atoms. The molecule has 0 fully saturated rings. The second-order valence-electron chi connectivity index (χ2n) is 5.92. The molecular formula is C22H21N3O3. The highest BCUT2D eigenvalue weighted by Crippen LogP contribution is 2.27. The molecule has 0 aromatic heterocycles. The van der Waals surface area contributed by atoms with Gasteiger partial charge in [0, 0.05) is 11.3 Å². The second-order valence-corrected chi connectivity index (χ2v) is 5.92. The van der Waals surface area contributed by atoms with Gasteiger partial charge in [-0.3, -0.25) is 4.79 Å². The number of amidine groups is 1. The summed E-state index contributed by atoms with van der Waals surface area (Å²) in [6, 6.07) is 26.6. The molecule has 6 nitrogen and oxygen atoms in total. The van der Waals surface area contributed by atoms with Gasteiger partial charge in [0.25, 0.3) is 5.91 Å². The van der Waals surface area contributed by atoms with Gasteiger partial charge in [-0.05, 0) is 23.8 Å². The Balaban J connectivity index is 1.51. The number of para-hydroxylation sites is 2. The average molecular weight is 375 g/mol. The van der Waals surface area contributed by atoms with Crippen molar-refractivity contribution in [2.75, 3.05) is 18.5 Å². The summed E-state index contributed by atoms with van der Waals surface area (Å²) in [6.45, 7) is -0.183. The van der Waals surface area contributed by atoms with Crippen LogP contribution in [0.1, 0.15) is 0 Å². The Morgan fingerprint density at radius 2 is 1.50 bits per heavy atom. The summed E-state index contributed by atoms with van der Waals surface area (Å²) in [4.78, 5) is 17.2. The number of benzene rings is 3. The quantitative estimate of drug-likeness (QED) is 0.357. The molecule has 0 aliphatic rings. The number of anilines is 1. The van der Waals surface area contributed by atoms with Gasteiger partial charge in [0.2, 0.25) is 0 Å². The Kier molecular flexibility index (Phi) is 6.62. The van der Waals surface area contributed by atoms with Crippen molar-refractivity contribution in [3.05, 3.63) is 84.9 Å². The van der Waals surface area contributed by atoms with Crippen LogP contribution in [0.3, 0.4) is 0 Å². The number of rotatable bonds is 8. The van der Waals surface area contributed by atoms with E-state index in [-0.39, 0.29) is 25.0 Å². The molecule has 0 saturated heterocycles. The van der Waals surface area contributed by atoms with E-state index in [0.717, 1.165) is 11.1 Å². The fourth-order valence-electron chi connectivity index (χ4n) is 2.52. The van der Waals surface area contributed by atoms with Gasteiger partial charge < -0.3 is 20.6 Å². The van der Waals surface area contributed by atoms with Gasteiger partial charge in [0.05, 0.1) is 0 Å². The van der Waals surface area contributed by atoms with Gasteiger partial charge in [-0.2, -0.15) is 0 Å². The number of carbonyl (C=O) groups excluding carboxylic acids is 1. The first-order valence-electron chi connectivity index (χ1n) is 8.79. The Bertz CT molecular complexity index is 928.